The topological polar surface area (TPSA) is 47.8 Å². The van der Waals surface area contributed by atoms with Crippen molar-refractivity contribution < 1.29 is 4.79 Å². The van der Waals surface area contributed by atoms with Gasteiger partial charge >= 0.3 is 0 Å². The predicted molar refractivity (Wildman–Crippen MR) is 72.2 cm³/mol. The Labute approximate surface area is 112 Å². The Hall–Kier alpha value is -1.97. The van der Waals surface area contributed by atoms with Gasteiger partial charge in [0.05, 0.1) is 17.3 Å². The third kappa shape index (κ3) is 1.97. The van der Waals surface area contributed by atoms with Gasteiger partial charge in [-0.3, -0.25) is 14.5 Å². The van der Waals surface area contributed by atoms with Crippen LogP contribution in [-0.2, 0) is 19.9 Å². The quantitative estimate of drug-likeness (QED) is 0.791. The lowest BCUT2D eigenvalue weighted by atomic mass is 9.98. The predicted octanol–water partition coefficient (Wildman–Crippen LogP) is 2.29. The van der Waals surface area contributed by atoms with E-state index in [-0.39, 0.29) is 11.7 Å². The SMILES string of the molecule is CCc1cc(C(=O)C2CCc3cccnc32)n(C)n1. The van der Waals surface area contributed by atoms with Gasteiger partial charge in [0.1, 0.15) is 5.69 Å². The fourth-order valence-electron chi connectivity index (χ4n) is 2.78. The summed E-state index contributed by atoms with van der Waals surface area (Å²) in [6, 6.07) is 5.91. The van der Waals surface area contributed by atoms with E-state index in [1.807, 2.05) is 26.1 Å². The molecule has 0 radical (unpaired) electrons. The van der Waals surface area contributed by atoms with Crippen LogP contribution < -0.4 is 0 Å². The summed E-state index contributed by atoms with van der Waals surface area (Å²) in [4.78, 5) is 17.1. The molecule has 1 atom stereocenters. The first-order valence-corrected chi connectivity index (χ1v) is 6.71. The first-order valence-electron chi connectivity index (χ1n) is 6.71. The van der Waals surface area contributed by atoms with Crippen LogP contribution in [0, 0.1) is 0 Å². The Kier molecular flexibility index (Phi) is 2.93. The molecule has 98 valence electrons. The molecule has 0 bridgehead atoms. The first kappa shape index (κ1) is 12.1. The highest BCUT2D eigenvalue weighted by Crippen LogP contribution is 2.33. The number of pyridine rings is 1. The van der Waals surface area contributed by atoms with E-state index >= 15 is 0 Å². The van der Waals surface area contributed by atoms with Crippen molar-refractivity contribution in [1.82, 2.24) is 14.8 Å². The Morgan fingerprint density at radius 2 is 2.37 bits per heavy atom. The molecule has 3 rings (SSSR count). The van der Waals surface area contributed by atoms with Crippen LogP contribution in [0.15, 0.2) is 24.4 Å². The standard InChI is InChI=1S/C15H17N3O/c1-3-11-9-13(18(2)17-11)15(19)12-7-6-10-5-4-8-16-14(10)12/h4-5,8-9,12H,3,6-7H2,1-2H3. The average molecular weight is 255 g/mol. The molecule has 2 heterocycles. The van der Waals surface area contributed by atoms with E-state index in [1.165, 1.54) is 5.56 Å². The molecule has 0 fully saturated rings. The van der Waals surface area contributed by atoms with Crippen molar-refractivity contribution in [2.75, 3.05) is 0 Å². The summed E-state index contributed by atoms with van der Waals surface area (Å²) in [5, 5.41) is 4.35. The van der Waals surface area contributed by atoms with Gasteiger partial charge in [-0.2, -0.15) is 5.10 Å². The van der Waals surface area contributed by atoms with E-state index in [9.17, 15) is 4.79 Å². The molecule has 0 amide bonds. The number of hydrogen-bond donors (Lipinski definition) is 0. The molecule has 0 aliphatic heterocycles. The molecule has 4 nitrogen and oxygen atoms in total. The zero-order valence-corrected chi connectivity index (χ0v) is 11.3. The van der Waals surface area contributed by atoms with Crippen LogP contribution in [0.4, 0.5) is 0 Å². The summed E-state index contributed by atoms with van der Waals surface area (Å²) in [6.45, 7) is 2.04. The third-order valence-corrected chi connectivity index (χ3v) is 3.82. The van der Waals surface area contributed by atoms with Crippen molar-refractivity contribution >= 4 is 5.78 Å². The first-order chi connectivity index (χ1) is 9.20. The normalized spacial score (nSPS) is 17.5. The maximum Gasteiger partial charge on any atom is 0.189 e. The number of aryl methyl sites for hydroxylation is 3. The van der Waals surface area contributed by atoms with Gasteiger partial charge < -0.3 is 0 Å². The van der Waals surface area contributed by atoms with Gasteiger partial charge in [-0.25, -0.2) is 0 Å². The van der Waals surface area contributed by atoms with Gasteiger partial charge in [-0.1, -0.05) is 13.0 Å². The molecule has 0 aromatic carbocycles. The van der Waals surface area contributed by atoms with Crippen LogP contribution in [0.2, 0.25) is 0 Å². The fourth-order valence-corrected chi connectivity index (χ4v) is 2.78. The summed E-state index contributed by atoms with van der Waals surface area (Å²) in [5.41, 5.74) is 3.82. The molecule has 1 unspecified atom stereocenters. The van der Waals surface area contributed by atoms with Crippen molar-refractivity contribution in [3.05, 3.63) is 47.0 Å². The zero-order chi connectivity index (χ0) is 13.4. The van der Waals surface area contributed by atoms with Crippen LogP contribution in [-0.4, -0.2) is 20.5 Å². The third-order valence-electron chi connectivity index (χ3n) is 3.82. The molecule has 2 aromatic rings. The molecule has 1 aliphatic rings. The summed E-state index contributed by atoms with van der Waals surface area (Å²) >= 11 is 0. The minimum atomic E-state index is -0.101. The largest absolute Gasteiger partial charge is 0.292 e. The minimum absolute atomic E-state index is 0.101. The number of carbonyl (C=O) groups is 1. The summed E-state index contributed by atoms with van der Waals surface area (Å²) < 4.78 is 1.70. The Bertz CT molecular complexity index is 630. The summed E-state index contributed by atoms with van der Waals surface area (Å²) in [7, 11) is 1.83. The number of ketones is 1. The van der Waals surface area contributed by atoms with Gasteiger partial charge in [0, 0.05) is 13.2 Å². The molecule has 2 aromatic heterocycles. The lowest BCUT2D eigenvalue weighted by molar-refractivity contribution is 0.0949. The van der Waals surface area contributed by atoms with Crippen molar-refractivity contribution in [3.63, 3.8) is 0 Å². The van der Waals surface area contributed by atoms with Gasteiger partial charge in [-0.05, 0) is 37.0 Å². The van der Waals surface area contributed by atoms with Crippen LogP contribution in [0.25, 0.3) is 0 Å². The Balaban J connectivity index is 1.95. The maximum atomic E-state index is 12.7. The zero-order valence-electron chi connectivity index (χ0n) is 11.3. The van der Waals surface area contributed by atoms with Crippen molar-refractivity contribution in [3.8, 4) is 0 Å². The molecule has 1 aliphatic carbocycles. The maximum absolute atomic E-state index is 12.7. The second-order valence-corrected chi connectivity index (χ2v) is 5.00. The second-order valence-electron chi connectivity index (χ2n) is 5.00. The summed E-state index contributed by atoms with van der Waals surface area (Å²) in [6.07, 6.45) is 4.42. The van der Waals surface area contributed by atoms with E-state index in [0.29, 0.717) is 5.69 Å². The Morgan fingerprint density at radius 1 is 1.53 bits per heavy atom. The lowest BCUT2D eigenvalue weighted by Crippen LogP contribution is -2.15. The average Bonchev–Trinajstić information content (AvgIpc) is 3.01. The fraction of sp³-hybridized carbons (Fsp3) is 0.400. The van der Waals surface area contributed by atoms with Crippen molar-refractivity contribution in [2.45, 2.75) is 32.1 Å². The monoisotopic (exact) mass is 255 g/mol. The van der Waals surface area contributed by atoms with Crippen LogP contribution in [0.3, 0.4) is 0 Å². The van der Waals surface area contributed by atoms with Gasteiger partial charge in [0.15, 0.2) is 5.78 Å². The van der Waals surface area contributed by atoms with E-state index < -0.39 is 0 Å². The second kappa shape index (κ2) is 4.61. The number of fused-ring (bicyclic) bond motifs is 1. The number of aromatic nitrogens is 3. The molecule has 0 N–H and O–H groups in total. The number of hydrogen-bond acceptors (Lipinski definition) is 3. The van der Waals surface area contributed by atoms with Crippen LogP contribution in [0.5, 0.6) is 0 Å². The van der Waals surface area contributed by atoms with Gasteiger partial charge in [0.2, 0.25) is 0 Å². The van der Waals surface area contributed by atoms with Crippen LogP contribution in [0.1, 0.15) is 46.7 Å². The number of nitrogens with zero attached hydrogens (tertiary/aromatic N) is 3. The molecule has 0 saturated heterocycles. The molecule has 4 heteroatoms. The smallest absolute Gasteiger partial charge is 0.189 e. The highest BCUT2D eigenvalue weighted by atomic mass is 16.1. The van der Waals surface area contributed by atoms with Crippen LogP contribution >= 0.6 is 0 Å². The van der Waals surface area contributed by atoms with E-state index in [2.05, 4.69) is 16.1 Å². The minimum Gasteiger partial charge on any atom is -0.292 e. The summed E-state index contributed by atoms with van der Waals surface area (Å²) in [5.74, 6) is 0.0449. The van der Waals surface area contributed by atoms with E-state index in [1.54, 1.807) is 10.9 Å². The Morgan fingerprint density at radius 3 is 3.11 bits per heavy atom. The molecule has 0 saturated carbocycles. The van der Waals surface area contributed by atoms with Gasteiger partial charge in [-0.15, -0.1) is 0 Å². The van der Waals surface area contributed by atoms with Gasteiger partial charge in [0.25, 0.3) is 0 Å². The number of Topliss-reactive ketones (excluding diaryl/α,β-unsaturated/α-hetero) is 1. The molecular formula is C15H17N3O. The van der Waals surface area contributed by atoms with E-state index in [0.717, 1.165) is 30.7 Å². The molecule has 0 spiro atoms. The lowest BCUT2D eigenvalue weighted by Gasteiger charge is -2.09. The molecular weight excluding hydrogens is 238 g/mol. The molecule has 19 heavy (non-hydrogen) atoms. The number of rotatable bonds is 3. The van der Waals surface area contributed by atoms with Crippen molar-refractivity contribution in [2.24, 2.45) is 7.05 Å². The van der Waals surface area contributed by atoms with E-state index in [4.69, 9.17) is 0 Å². The highest BCUT2D eigenvalue weighted by Gasteiger charge is 2.31. The van der Waals surface area contributed by atoms with Crippen molar-refractivity contribution in [1.29, 1.82) is 0 Å². The number of carbonyl (C=O) groups excluding carboxylic acids is 1. The highest BCUT2D eigenvalue weighted by molar-refractivity contribution is 6.00.